The van der Waals surface area contributed by atoms with Crippen LogP contribution in [0, 0.1) is 6.92 Å². The molecule has 0 heterocycles. The van der Waals surface area contributed by atoms with E-state index in [0.29, 0.717) is 12.2 Å². The molecule has 21 heavy (non-hydrogen) atoms. The molecular weight excluding hydrogens is 332 g/mol. The summed E-state index contributed by atoms with van der Waals surface area (Å²) in [4.78, 5) is 11.8. The van der Waals surface area contributed by atoms with Gasteiger partial charge >= 0.3 is 6.03 Å². The number of nitrogens with one attached hydrogen (secondary N) is 2. The Bertz CT molecular complexity index is 644. The molecule has 0 aliphatic rings. The van der Waals surface area contributed by atoms with Crippen molar-refractivity contribution in [2.24, 2.45) is 0 Å². The lowest BCUT2D eigenvalue weighted by atomic mass is 10.1. The van der Waals surface area contributed by atoms with E-state index in [0.717, 1.165) is 22.0 Å². The van der Waals surface area contributed by atoms with E-state index in [1.54, 1.807) is 18.2 Å². The number of hydrogen-bond acceptors (Lipinski definition) is 2. The van der Waals surface area contributed by atoms with Crippen molar-refractivity contribution in [3.8, 4) is 5.75 Å². The highest BCUT2D eigenvalue weighted by Crippen LogP contribution is 2.20. The van der Waals surface area contributed by atoms with Crippen LogP contribution in [0.4, 0.5) is 10.5 Å². The lowest BCUT2D eigenvalue weighted by Gasteiger charge is -2.10. The van der Waals surface area contributed by atoms with Gasteiger partial charge in [-0.25, -0.2) is 4.79 Å². The number of carbonyl (C=O) groups is 1. The molecule has 3 N–H and O–H groups in total. The second-order valence-electron chi connectivity index (χ2n) is 4.72. The number of rotatable bonds is 4. The molecule has 5 heteroatoms. The minimum Gasteiger partial charge on any atom is -0.508 e. The maximum Gasteiger partial charge on any atom is 0.319 e. The van der Waals surface area contributed by atoms with Crippen molar-refractivity contribution in [1.29, 1.82) is 0 Å². The van der Waals surface area contributed by atoms with Crippen molar-refractivity contribution in [2.75, 3.05) is 11.9 Å². The third-order valence-corrected chi connectivity index (χ3v) is 3.87. The van der Waals surface area contributed by atoms with E-state index in [4.69, 9.17) is 0 Å². The summed E-state index contributed by atoms with van der Waals surface area (Å²) in [6.45, 7) is 2.38. The molecule has 0 aliphatic carbocycles. The summed E-state index contributed by atoms with van der Waals surface area (Å²) in [6, 6.07) is 12.5. The van der Waals surface area contributed by atoms with Crippen LogP contribution in [0.15, 0.2) is 46.9 Å². The first kappa shape index (κ1) is 15.4. The average molecular weight is 349 g/mol. The van der Waals surface area contributed by atoms with Gasteiger partial charge in [0.25, 0.3) is 0 Å². The van der Waals surface area contributed by atoms with E-state index in [9.17, 15) is 9.90 Å². The fourth-order valence-electron chi connectivity index (χ4n) is 1.97. The highest BCUT2D eigenvalue weighted by Gasteiger charge is 2.05. The summed E-state index contributed by atoms with van der Waals surface area (Å²) in [7, 11) is 0. The van der Waals surface area contributed by atoms with Gasteiger partial charge in [0.2, 0.25) is 0 Å². The third kappa shape index (κ3) is 4.49. The van der Waals surface area contributed by atoms with Crippen LogP contribution in [-0.2, 0) is 6.42 Å². The van der Waals surface area contributed by atoms with Gasteiger partial charge in [-0.05, 0) is 48.7 Å². The van der Waals surface area contributed by atoms with Crippen molar-refractivity contribution < 1.29 is 9.90 Å². The smallest absolute Gasteiger partial charge is 0.319 e. The van der Waals surface area contributed by atoms with E-state index in [1.165, 1.54) is 0 Å². The van der Waals surface area contributed by atoms with Gasteiger partial charge in [-0.15, -0.1) is 0 Å². The number of phenolic OH excluding ortho intramolecular Hbond substituents is 1. The maximum absolute atomic E-state index is 11.8. The number of hydrogen-bond donors (Lipinski definition) is 3. The van der Waals surface area contributed by atoms with Crippen molar-refractivity contribution in [3.05, 3.63) is 58.1 Å². The Hall–Kier alpha value is -2.01. The summed E-state index contributed by atoms with van der Waals surface area (Å²) in [5.74, 6) is 0.187. The number of benzene rings is 2. The van der Waals surface area contributed by atoms with Crippen LogP contribution in [-0.4, -0.2) is 17.7 Å². The van der Waals surface area contributed by atoms with Crippen LogP contribution in [0.25, 0.3) is 0 Å². The molecule has 2 rings (SSSR count). The van der Waals surface area contributed by atoms with E-state index < -0.39 is 0 Å². The molecule has 0 saturated carbocycles. The van der Waals surface area contributed by atoms with Crippen LogP contribution in [0.5, 0.6) is 5.75 Å². The van der Waals surface area contributed by atoms with E-state index in [1.807, 2.05) is 31.2 Å². The first-order valence-corrected chi connectivity index (χ1v) is 7.43. The Kier molecular flexibility index (Phi) is 5.22. The summed E-state index contributed by atoms with van der Waals surface area (Å²) < 4.78 is 1.04. The molecule has 110 valence electrons. The number of urea groups is 1. The van der Waals surface area contributed by atoms with Gasteiger partial charge in [-0.1, -0.05) is 34.1 Å². The molecule has 0 atom stereocenters. The molecule has 2 amide bonds. The van der Waals surface area contributed by atoms with Gasteiger partial charge in [0.1, 0.15) is 5.75 Å². The molecule has 0 aliphatic heterocycles. The number of phenols is 1. The lowest BCUT2D eigenvalue weighted by molar-refractivity contribution is 0.252. The van der Waals surface area contributed by atoms with Crippen LogP contribution in [0.1, 0.15) is 11.1 Å². The Labute approximate surface area is 132 Å². The first-order chi connectivity index (χ1) is 10.1. The average Bonchev–Trinajstić information content (AvgIpc) is 2.44. The van der Waals surface area contributed by atoms with E-state index in [-0.39, 0.29) is 11.8 Å². The third-order valence-electron chi connectivity index (χ3n) is 3.10. The Morgan fingerprint density at radius 1 is 1.24 bits per heavy atom. The fourth-order valence-corrected chi connectivity index (χ4v) is 2.45. The topological polar surface area (TPSA) is 61.4 Å². The fraction of sp³-hybridized carbons (Fsp3) is 0.188. The monoisotopic (exact) mass is 348 g/mol. The van der Waals surface area contributed by atoms with Crippen LogP contribution in [0.3, 0.4) is 0 Å². The molecule has 2 aromatic carbocycles. The normalized spacial score (nSPS) is 10.2. The Morgan fingerprint density at radius 3 is 2.71 bits per heavy atom. The van der Waals surface area contributed by atoms with Gasteiger partial charge in [-0.3, -0.25) is 0 Å². The van der Waals surface area contributed by atoms with Crippen molar-refractivity contribution >= 4 is 27.6 Å². The minimum absolute atomic E-state index is 0.187. The highest BCUT2D eigenvalue weighted by molar-refractivity contribution is 9.10. The van der Waals surface area contributed by atoms with E-state index in [2.05, 4.69) is 26.6 Å². The molecule has 0 fully saturated rings. The second kappa shape index (κ2) is 7.13. The zero-order valence-corrected chi connectivity index (χ0v) is 13.3. The predicted molar refractivity (Wildman–Crippen MR) is 87.7 cm³/mol. The molecule has 0 saturated heterocycles. The summed E-state index contributed by atoms with van der Waals surface area (Å²) in [5, 5.41) is 14.9. The number of carbonyl (C=O) groups excluding carboxylic acids is 1. The number of halogens is 1. The number of aryl methyl sites for hydroxylation is 1. The number of aromatic hydroxyl groups is 1. The molecular formula is C16H17BrN2O2. The molecule has 0 unspecified atom stereocenters. The summed E-state index contributed by atoms with van der Waals surface area (Å²) in [6.07, 6.45) is 0.753. The van der Waals surface area contributed by atoms with Gasteiger partial charge in [-0.2, -0.15) is 0 Å². The van der Waals surface area contributed by atoms with Gasteiger partial charge < -0.3 is 15.7 Å². The molecule has 2 aromatic rings. The van der Waals surface area contributed by atoms with Crippen LogP contribution < -0.4 is 10.6 Å². The SMILES string of the molecule is Cc1cc(O)ccc1NC(=O)NCCc1ccccc1Br. The lowest BCUT2D eigenvalue weighted by Crippen LogP contribution is -2.30. The number of anilines is 1. The molecule has 0 aromatic heterocycles. The van der Waals surface area contributed by atoms with Crippen molar-refractivity contribution in [1.82, 2.24) is 5.32 Å². The Morgan fingerprint density at radius 2 is 2.00 bits per heavy atom. The maximum atomic E-state index is 11.8. The molecule has 4 nitrogen and oxygen atoms in total. The Balaban J connectivity index is 1.84. The standard InChI is InChI=1S/C16H17BrN2O2/c1-11-10-13(20)6-7-15(11)19-16(21)18-9-8-12-4-2-3-5-14(12)17/h2-7,10,20H,8-9H2,1H3,(H2,18,19,21). The zero-order chi connectivity index (χ0) is 15.2. The quantitative estimate of drug-likeness (QED) is 0.735. The second-order valence-corrected chi connectivity index (χ2v) is 5.58. The van der Waals surface area contributed by atoms with Crippen molar-refractivity contribution in [2.45, 2.75) is 13.3 Å². The predicted octanol–water partition coefficient (Wildman–Crippen LogP) is 3.83. The van der Waals surface area contributed by atoms with Crippen LogP contribution >= 0.6 is 15.9 Å². The molecule has 0 spiro atoms. The van der Waals surface area contributed by atoms with Crippen molar-refractivity contribution in [3.63, 3.8) is 0 Å². The molecule has 0 radical (unpaired) electrons. The van der Waals surface area contributed by atoms with E-state index >= 15 is 0 Å². The number of amides is 2. The first-order valence-electron chi connectivity index (χ1n) is 6.64. The highest BCUT2D eigenvalue weighted by atomic mass is 79.9. The minimum atomic E-state index is -0.254. The van der Waals surface area contributed by atoms with Crippen LogP contribution in [0.2, 0.25) is 0 Å². The zero-order valence-electron chi connectivity index (χ0n) is 11.7. The molecule has 0 bridgehead atoms. The van der Waals surface area contributed by atoms with Gasteiger partial charge in [0, 0.05) is 16.7 Å². The largest absolute Gasteiger partial charge is 0.508 e. The van der Waals surface area contributed by atoms with Gasteiger partial charge in [0.15, 0.2) is 0 Å². The summed E-state index contributed by atoms with van der Waals surface area (Å²) >= 11 is 3.48. The summed E-state index contributed by atoms with van der Waals surface area (Å²) in [5.41, 5.74) is 2.65. The van der Waals surface area contributed by atoms with Gasteiger partial charge in [0.05, 0.1) is 0 Å².